The Morgan fingerprint density at radius 2 is 1.86 bits per heavy atom. The molecule has 0 aromatic heterocycles. The highest BCUT2D eigenvalue weighted by Crippen LogP contribution is 2.27. The van der Waals surface area contributed by atoms with E-state index in [0.29, 0.717) is 30.0 Å². The number of nitrogens with zero attached hydrogens (tertiary/aromatic N) is 1. The molecule has 1 heterocycles. The van der Waals surface area contributed by atoms with E-state index >= 15 is 0 Å². The van der Waals surface area contributed by atoms with E-state index in [4.69, 9.17) is 14.2 Å². The van der Waals surface area contributed by atoms with Crippen LogP contribution < -0.4 is 9.47 Å². The molecule has 2 rings (SSSR count). The molecule has 1 aromatic rings. The predicted octanol–water partition coefficient (Wildman–Crippen LogP) is 1.46. The molecule has 1 atom stereocenters. The maximum atomic E-state index is 12.6. The average molecular weight is 428 g/mol. The minimum Gasteiger partial charge on any atom is -0.493 e. The van der Waals surface area contributed by atoms with Crippen LogP contribution in [0.25, 0.3) is 0 Å². The van der Waals surface area contributed by atoms with Gasteiger partial charge in [0.15, 0.2) is 27.9 Å². The summed E-state index contributed by atoms with van der Waals surface area (Å²) in [7, 11) is -0.0891. The minimum atomic E-state index is -3.12. The first-order valence-corrected chi connectivity index (χ1v) is 11.3. The Kier molecular flexibility index (Phi) is 7.89. The number of hydrogen-bond donors (Lipinski definition) is 0. The second-order valence-electron chi connectivity index (χ2n) is 7.52. The van der Waals surface area contributed by atoms with Crippen LogP contribution in [0.5, 0.6) is 11.5 Å². The maximum Gasteiger partial charge on any atom is 0.310 e. The van der Waals surface area contributed by atoms with E-state index < -0.39 is 22.4 Å². The van der Waals surface area contributed by atoms with Gasteiger partial charge in [-0.05, 0) is 30.0 Å². The number of ether oxygens (including phenoxy) is 3. The summed E-state index contributed by atoms with van der Waals surface area (Å²) in [4.78, 5) is 26.4. The molecular weight excluding hydrogens is 398 g/mol. The number of amides is 1. The summed E-state index contributed by atoms with van der Waals surface area (Å²) in [5.41, 5.74) is 0.668. The van der Waals surface area contributed by atoms with Crippen molar-refractivity contribution in [2.24, 2.45) is 5.92 Å². The first-order chi connectivity index (χ1) is 13.6. The number of sulfone groups is 1. The molecule has 0 radical (unpaired) electrons. The van der Waals surface area contributed by atoms with Gasteiger partial charge in [0.05, 0.1) is 32.1 Å². The molecule has 0 unspecified atom stereocenters. The Balaban J connectivity index is 1.95. The van der Waals surface area contributed by atoms with Crippen LogP contribution in [0.1, 0.15) is 25.8 Å². The number of esters is 1. The quantitative estimate of drug-likeness (QED) is 0.550. The standard InChI is InChI=1S/C20H29NO7S/c1-14(2)11-21(16-7-8-29(24,25)13-16)19(22)12-28-20(23)10-15-5-6-17(26-3)18(9-15)27-4/h5-6,9,14,16H,7-8,10-13H2,1-4H3/t16-/m1/s1. The van der Waals surface area contributed by atoms with Gasteiger partial charge < -0.3 is 19.1 Å². The third kappa shape index (κ3) is 6.62. The lowest BCUT2D eigenvalue weighted by Gasteiger charge is -2.29. The molecular formula is C20H29NO7S. The zero-order valence-electron chi connectivity index (χ0n) is 17.3. The van der Waals surface area contributed by atoms with Crippen molar-refractivity contribution in [2.45, 2.75) is 32.7 Å². The van der Waals surface area contributed by atoms with Crippen molar-refractivity contribution >= 4 is 21.7 Å². The highest BCUT2D eigenvalue weighted by molar-refractivity contribution is 7.91. The van der Waals surface area contributed by atoms with E-state index in [1.165, 1.54) is 14.2 Å². The van der Waals surface area contributed by atoms with E-state index in [1.807, 2.05) is 13.8 Å². The van der Waals surface area contributed by atoms with E-state index in [2.05, 4.69) is 0 Å². The van der Waals surface area contributed by atoms with Crippen LogP contribution in [-0.4, -0.2) is 70.1 Å². The molecule has 1 aliphatic rings. The van der Waals surface area contributed by atoms with Gasteiger partial charge in [0.1, 0.15) is 0 Å². The van der Waals surface area contributed by atoms with Crippen molar-refractivity contribution in [3.63, 3.8) is 0 Å². The van der Waals surface area contributed by atoms with Gasteiger partial charge in [0.2, 0.25) is 0 Å². The largest absolute Gasteiger partial charge is 0.493 e. The second-order valence-corrected chi connectivity index (χ2v) is 9.75. The lowest BCUT2D eigenvalue weighted by Crippen LogP contribution is -2.45. The molecule has 0 N–H and O–H groups in total. The fourth-order valence-corrected chi connectivity index (χ4v) is 5.03. The monoisotopic (exact) mass is 427 g/mol. The van der Waals surface area contributed by atoms with Crippen LogP contribution in [-0.2, 0) is 30.6 Å². The molecule has 1 saturated heterocycles. The normalized spacial score (nSPS) is 17.8. The van der Waals surface area contributed by atoms with Gasteiger partial charge >= 0.3 is 5.97 Å². The number of methoxy groups -OCH3 is 2. The van der Waals surface area contributed by atoms with Crippen molar-refractivity contribution in [2.75, 3.05) is 38.9 Å². The molecule has 9 heteroatoms. The van der Waals surface area contributed by atoms with Gasteiger partial charge in [0, 0.05) is 12.6 Å². The third-order valence-corrected chi connectivity index (χ3v) is 6.43. The predicted molar refractivity (Wildman–Crippen MR) is 108 cm³/mol. The van der Waals surface area contributed by atoms with Gasteiger partial charge in [-0.25, -0.2) is 8.42 Å². The van der Waals surface area contributed by atoms with E-state index in [1.54, 1.807) is 23.1 Å². The molecule has 0 spiro atoms. The Morgan fingerprint density at radius 1 is 1.17 bits per heavy atom. The Hall–Kier alpha value is -2.29. The molecule has 0 aliphatic carbocycles. The first-order valence-electron chi connectivity index (χ1n) is 9.51. The van der Waals surface area contributed by atoms with Crippen LogP contribution >= 0.6 is 0 Å². The topological polar surface area (TPSA) is 99.2 Å². The molecule has 1 amide bonds. The van der Waals surface area contributed by atoms with Crippen molar-refractivity contribution in [3.05, 3.63) is 23.8 Å². The average Bonchev–Trinajstić information content (AvgIpc) is 3.03. The number of hydrogen-bond acceptors (Lipinski definition) is 7. The molecule has 1 aliphatic heterocycles. The SMILES string of the molecule is COc1ccc(CC(=O)OCC(=O)N(CC(C)C)[C@@H]2CCS(=O)(=O)C2)cc1OC. The Bertz CT molecular complexity index is 835. The summed E-state index contributed by atoms with van der Waals surface area (Å²) < 4.78 is 39.1. The molecule has 1 aromatic carbocycles. The van der Waals surface area contributed by atoms with E-state index in [-0.39, 0.29) is 35.8 Å². The molecule has 29 heavy (non-hydrogen) atoms. The summed E-state index contributed by atoms with van der Waals surface area (Å²) in [5, 5.41) is 0. The summed E-state index contributed by atoms with van der Waals surface area (Å²) in [6.07, 6.45) is 0.399. The van der Waals surface area contributed by atoms with Crippen molar-refractivity contribution in [1.82, 2.24) is 4.90 Å². The number of carbonyl (C=O) groups is 2. The maximum absolute atomic E-state index is 12.6. The molecule has 0 bridgehead atoms. The lowest BCUT2D eigenvalue weighted by molar-refractivity contribution is -0.152. The molecule has 0 saturated carbocycles. The zero-order valence-corrected chi connectivity index (χ0v) is 18.2. The van der Waals surface area contributed by atoms with Gasteiger partial charge in [-0.15, -0.1) is 0 Å². The van der Waals surface area contributed by atoms with Crippen molar-refractivity contribution in [1.29, 1.82) is 0 Å². The highest BCUT2D eigenvalue weighted by Gasteiger charge is 2.35. The smallest absolute Gasteiger partial charge is 0.310 e. The fraction of sp³-hybridized carbons (Fsp3) is 0.600. The Labute approximate surface area is 172 Å². The number of benzene rings is 1. The summed E-state index contributed by atoms with van der Waals surface area (Å²) in [6.45, 7) is 3.92. The number of rotatable bonds is 9. The Morgan fingerprint density at radius 3 is 2.41 bits per heavy atom. The third-order valence-electron chi connectivity index (χ3n) is 4.68. The van der Waals surface area contributed by atoms with E-state index in [0.717, 1.165) is 0 Å². The molecule has 162 valence electrons. The summed E-state index contributed by atoms with van der Waals surface area (Å²) in [5.74, 6) is 0.347. The van der Waals surface area contributed by atoms with Crippen LogP contribution in [0.4, 0.5) is 0 Å². The van der Waals surface area contributed by atoms with Gasteiger partial charge in [-0.1, -0.05) is 19.9 Å². The zero-order chi connectivity index (χ0) is 21.6. The highest BCUT2D eigenvalue weighted by atomic mass is 32.2. The summed E-state index contributed by atoms with van der Waals surface area (Å²) >= 11 is 0. The van der Waals surface area contributed by atoms with Gasteiger partial charge in [-0.2, -0.15) is 0 Å². The van der Waals surface area contributed by atoms with Gasteiger partial charge in [0.25, 0.3) is 5.91 Å². The van der Waals surface area contributed by atoms with Crippen LogP contribution in [0.3, 0.4) is 0 Å². The first kappa shape index (κ1) is 23.0. The fourth-order valence-electron chi connectivity index (χ4n) is 3.30. The van der Waals surface area contributed by atoms with Crippen LogP contribution in [0, 0.1) is 5.92 Å². The molecule has 8 nitrogen and oxygen atoms in total. The number of carbonyl (C=O) groups excluding carboxylic acids is 2. The summed E-state index contributed by atoms with van der Waals surface area (Å²) in [6, 6.07) is 4.73. The van der Waals surface area contributed by atoms with E-state index in [9.17, 15) is 18.0 Å². The van der Waals surface area contributed by atoms with Gasteiger partial charge in [-0.3, -0.25) is 9.59 Å². The second kappa shape index (κ2) is 9.96. The van der Waals surface area contributed by atoms with Crippen LogP contribution in [0.15, 0.2) is 18.2 Å². The van der Waals surface area contributed by atoms with Crippen LogP contribution in [0.2, 0.25) is 0 Å². The minimum absolute atomic E-state index is 0.0182. The lowest BCUT2D eigenvalue weighted by atomic mass is 10.1. The molecule has 1 fully saturated rings. The van der Waals surface area contributed by atoms with Crippen molar-refractivity contribution < 1.29 is 32.2 Å². The van der Waals surface area contributed by atoms with Crippen molar-refractivity contribution in [3.8, 4) is 11.5 Å².